The molecule has 0 saturated heterocycles. The number of benzene rings is 1. The van der Waals surface area contributed by atoms with E-state index in [0.717, 1.165) is 30.1 Å². The minimum atomic E-state index is 0.791. The van der Waals surface area contributed by atoms with Crippen LogP contribution in [0.25, 0.3) is 0 Å². The van der Waals surface area contributed by atoms with E-state index in [-0.39, 0.29) is 0 Å². The van der Waals surface area contributed by atoms with Gasteiger partial charge in [0.1, 0.15) is 5.75 Å². The lowest BCUT2D eigenvalue weighted by Gasteiger charge is -2.18. The van der Waals surface area contributed by atoms with Gasteiger partial charge < -0.3 is 15.4 Å². The van der Waals surface area contributed by atoms with Crippen LogP contribution in [-0.2, 0) is 6.54 Å². The summed E-state index contributed by atoms with van der Waals surface area (Å²) in [6.45, 7) is 4.19. The highest BCUT2D eigenvalue weighted by molar-refractivity contribution is 5.47. The largest absolute Gasteiger partial charge is 0.496 e. The fraction of sp³-hybridized carbons (Fsp3) is 0.538. The van der Waals surface area contributed by atoms with Gasteiger partial charge in [-0.3, -0.25) is 0 Å². The van der Waals surface area contributed by atoms with Crippen molar-refractivity contribution >= 4 is 5.69 Å². The molecule has 3 nitrogen and oxygen atoms in total. The molecule has 3 heteroatoms. The van der Waals surface area contributed by atoms with E-state index < -0.39 is 0 Å². The summed E-state index contributed by atoms with van der Waals surface area (Å²) in [7, 11) is 3.82. The average molecular weight is 222 g/mol. The number of methoxy groups -OCH3 is 1. The number of unbranched alkanes of at least 4 members (excludes halogenated alkanes) is 1. The smallest absolute Gasteiger partial charge is 0.123 e. The molecule has 0 spiro atoms. The molecule has 16 heavy (non-hydrogen) atoms. The van der Waals surface area contributed by atoms with Crippen LogP contribution < -0.4 is 10.5 Å². The Morgan fingerprint density at radius 1 is 1.38 bits per heavy atom. The van der Waals surface area contributed by atoms with Crippen molar-refractivity contribution in [2.75, 3.05) is 26.4 Å². The van der Waals surface area contributed by atoms with Crippen LogP contribution in [0.2, 0.25) is 0 Å². The molecule has 90 valence electrons. The number of ether oxygens (including phenoxy) is 1. The molecule has 0 amide bonds. The molecule has 0 saturated carbocycles. The molecule has 0 radical (unpaired) electrons. The van der Waals surface area contributed by atoms with Crippen molar-refractivity contribution in [3.63, 3.8) is 0 Å². The molecule has 1 rings (SSSR count). The van der Waals surface area contributed by atoms with Gasteiger partial charge in [0.25, 0.3) is 0 Å². The molecular formula is C13H22N2O. The van der Waals surface area contributed by atoms with E-state index in [1.807, 2.05) is 18.2 Å². The Bertz CT molecular complexity index is 326. The summed E-state index contributed by atoms with van der Waals surface area (Å²) in [5.74, 6) is 0.914. The van der Waals surface area contributed by atoms with Gasteiger partial charge in [-0.1, -0.05) is 13.3 Å². The highest BCUT2D eigenvalue weighted by Gasteiger charge is 2.06. The molecule has 1 aromatic carbocycles. The van der Waals surface area contributed by atoms with Crippen molar-refractivity contribution in [2.24, 2.45) is 0 Å². The fourth-order valence-corrected chi connectivity index (χ4v) is 1.72. The summed E-state index contributed by atoms with van der Waals surface area (Å²) in [5.41, 5.74) is 7.73. The van der Waals surface area contributed by atoms with E-state index in [0.29, 0.717) is 0 Å². The first-order valence-corrected chi connectivity index (χ1v) is 5.78. The van der Waals surface area contributed by atoms with Crippen molar-refractivity contribution in [3.8, 4) is 5.75 Å². The van der Waals surface area contributed by atoms with Crippen LogP contribution in [0.4, 0.5) is 5.69 Å². The van der Waals surface area contributed by atoms with Gasteiger partial charge in [0.05, 0.1) is 7.11 Å². The first kappa shape index (κ1) is 12.8. The molecule has 0 aliphatic rings. The van der Waals surface area contributed by atoms with Gasteiger partial charge in [0, 0.05) is 17.8 Å². The Kier molecular flexibility index (Phi) is 5.12. The summed E-state index contributed by atoms with van der Waals surface area (Å²) in [6.07, 6.45) is 2.44. The number of rotatable bonds is 6. The third kappa shape index (κ3) is 3.74. The predicted octanol–water partition coefficient (Wildman–Crippen LogP) is 2.51. The minimum absolute atomic E-state index is 0.791. The van der Waals surface area contributed by atoms with Crippen LogP contribution in [0.5, 0.6) is 5.75 Å². The molecule has 0 bridgehead atoms. The number of anilines is 1. The second-order valence-electron chi connectivity index (χ2n) is 4.16. The van der Waals surface area contributed by atoms with E-state index >= 15 is 0 Å². The molecule has 0 aliphatic carbocycles. The Balaban J connectivity index is 2.67. The molecule has 0 heterocycles. The molecular weight excluding hydrogens is 200 g/mol. The Morgan fingerprint density at radius 2 is 2.12 bits per heavy atom. The van der Waals surface area contributed by atoms with Crippen molar-refractivity contribution in [1.82, 2.24) is 4.90 Å². The Labute approximate surface area is 98.2 Å². The first-order valence-electron chi connectivity index (χ1n) is 5.78. The van der Waals surface area contributed by atoms with Crippen molar-refractivity contribution in [3.05, 3.63) is 23.8 Å². The molecule has 0 fully saturated rings. The Morgan fingerprint density at radius 3 is 2.75 bits per heavy atom. The number of hydrogen-bond donors (Lipinski definition) is 1. The van der Waals surface area contributed by atoms with Crippen LogP contribution in [0, 0.1) is 0 Å². The van der Waals surface area contributed by atoms with Gasteiger partial charge >= 0.3 is 0 Å². The monoisotopic (exact) mass is 222 g/mol. The molecule has 0 unspecified atom stereocenters. The second kappa shape index (κ2) is 6.38. The summed E-state index contributed by atoms with van der Waals surface area (Å²) >= 11 is 0. The fourth-order valence-electron chi connectivity index (χ4n) is 1.72. The van der Waals surface area contributed by atoms with Crippen molar-refractivity contribution < 1.29 is 4.74 Å². The van der Waals surface area contributed by atoms with Gasteiger partial charge in [-0.05, 0) is 38.2 Å². The normalized spacial score (nSPS) is 10.8. The SMILES string of the molecule is CCCCN(C)Cc1cc(N)ccc1OC. The van der Waals surface area contributed by atoms with Crippen LogP contribution in [0.1, 0.15) is 25.3 Å². The zero-order valence-electron chi connectivity index (χ0n) is 10.5. The minimum Gasteiger partial charge on any atom is -0.496 e. The molecule has 0 atom stereocenters. The maximum atomic E-state index is 5.78. The van der Waals surface area contributed by atoms with Crippen LogP contribution >= 0.6 is 0 Å². The maximum absolute atomic E-state index is 5.78. The number of nitrogens with zero attached hydrogens (tertiary/aromatic N) is 1. The second-order valence-corrected chi connectivity index (χ2v) is 4.16. The van der Waals surface area contributed by atoms with E-state index in [1.54, 1.807) is 7.11 Å². The van der Waals surface area contributed by atoms with Crippen molar-refractivity contribution in [2.45, 2.75) is 26.3 Å². The van der Waals surface area contributed by atoms with E-state index in [9.17, 15) is 0 Å². The summed E-state index contributed by atoms with van der Waals surface area (Å²) < 4.78 is 5.32. The van der Waals surface area contributed by atoms with Gasteiger partial charge in [-0.25, -0.2) is 0 Å². The topological polar surface area (TPSA) is 38.5 Å². The summed E-state index contributed by atoms with van der Waals surface area (Å²) in [5, 5.41) is 0. The highest BCUT2D eigenvalue weighted by atomic mass is 16.5. The maximum Gasteiger partial charge on any atom is 0.123 e. The molecule has 0 aromatic heterocycles. The summed E-state index contributed by atoms with van der Waals surface area (Å²) in [4.78, 5) is 2.29. The third-order valence-electron chi connectivity index (χ3n) is 2.64. The lowest BCUT2D eigenvalue weighted by molar-refractivity contribution is 0.312. The zero-order valence-corrected chi connectivity index (χ0v) is 10.5. The predicted molar refractivity (Wildman–Crippen MR) is 68.6 cm³/mol. The average Bonchev–Trinajstić information content (AvgIpc) is 2.27. The molecule has 1 aromatic rings. The van der Waals surface area contributed by atoms with E-state index in [1.165, 1.54) is 12.8 Å². The molecule has 2 N–H and O–H groups in total. The number of hydrogen-bond acceptors (Lipinski definition) is 3. The van der Waals surface area contributed by atoms with Crippen LogP contribution in [0.15, 0.2) is 18.2 Å². The first-order chi connectivity index (χ1) is 7.67. The van der Waals surface area contributed by atoms with Crippen LogP contribution in [0.3, 0.4) is 0 Å². The highest BCUT2D eigenvalue weighted by Crippen LogP contribution is 2.22. The quantitative estimate of drug-likeness (QED) is 0.752. The Hall–Kier alpha value is -1.22. The van der Waals surface area contributed by atoms with Gasteiger partial charge in [-0.15, -0.1) is 0 Å². The van der Waals surface area contributed by atoms with E-state index in [4.69, 9.17) is 10.5 Å². The lowest BCUT2D eigenvalue weighted by atomic mass is 10.1. The van der Waals surface area contributed by atoms with Gasteiger partial charge in [0.15, 0.2) is 0 Å². The number of nitrogen functional groups attached to an aromatic ring is 1. The lowest BCUT2D eigenvalue weighted by Crippen LogP contribution is -2.19. The van der Waals surface area contributed by atoms with Gasteiger partial charge in [-0.2, -0.15) is 0 Å². The van der Waals surface area contributed by atoms with Crippen molar-refractivity contribution in [1.29, 1.82) is 0 Å². The van der Waals surface area contributed by atoms with Crippen LogP contribution in [-0.4, -0.2) is 25.6 Å². The zero-order chi connectivity index (χ0) is 12.0. The van der Waals surface area contributed by atoms with Gasteiger partial charge in [0.2, 0.25) is 0 Å². The summed E-state index contributed by atoms with van der Waals surface area (Å²) in [6, 6.07) is 5.79. The molecule has 0 aliphatic heterocycles. The standard InChI is InChI=1S/C13H22N2O/c1-4-5-8-15(2)10-11-9-12(14)6-7-13(11)16-3/h6-7,9H,4-5,8,10,14H2,1-3H3. The number of nitrogens with two attached hydrogens (primary N) is 1. The van der Waals surface area contributed by atoms with E-state index in [2.05, 4.69) is 18.9 Å². The third-order valence-corrected chi connectivity index (χ3v) is 2.64.